The maximum Gasteiger partial charge on any atom is 0.308 e. The van der Waals surface area contributed by atoms with Crippen LogP contribution in [0.3, 0.4) is 0 Å². The topological polar surface area (TPSA) is 71.1 Å². The van der Waals surface area contributed by atoms with Crippen molar-refractivity contribution in [3.8, 4) is 23.0 Å². The molecule has 5 aromatic carbocycles. The van der Waals surface area contributed by atoms with E-state index in [-0.39, 0.29) is 28.2 Å². The van der Waals surface area contributed by atoms with Gasteiger partial charge in [-0.05, 0) is 81.9 Å². The maximum atomic E-state index is 11.2. The summed E-state index contributed by atoms with van der Waals surface area (Å²) >= 11 is 0. The molecule has 0 radical (unpaired) electrons. The Hall–Kier alpha value is -5.36. The van der Waals surface area contributed by atoms with Crippen LogP contribution in [0.25, 0.3) is 0 Å². The molecule has 266 valence electrons. The molecule has 0 aromatic heterocycles. The maximum absolute atomic E-state index is 11.2. The Morgan fingerprint density at radius 1 is 0.392 bits per heavy atom. The Morgan fingerprint density at radius 2 is 0.647 bits per heavy atom. The van der Waals surface area contributed by atoms with Crippen LogP contribution in [0.5, 0.6) is 23.0 Å². The van der Waals surface area contributed by atoms with Crippen molar-refractivity contribution < 1.29 is 28.5 Å². The first-order valence-electron chi connectivity index (χ1n) is 17.1. The van der Waals surface area contributed by atoms with E-state index in [4.69, 9.17) is 18.9 Å². The lowest BCUT2D eigenvalue weighted by molar-refractivity contribution is -0.132. The number of esters is 2. The normalized spacial score (nSPS) is 11.5. The number of hydrogen-bond donors (Lipinski definition) is 0. The Balaban J connectivity index is 0.000000244. The third kappa shape index (κ3) is 9.46. The molecule has 0 N–H and O–H groups in total. The Labute approximate surface area is 303 Å². The standard InChI is InChI=1S/C27H30O3.C18H20O3/c1-19(28)30-25-16-12-21(13-17-25)27(4,5)23-9-7-8-22(18-23)26(2,3)20-10-14-24(29-6)15-11-20;1-13(19)21-17-11-7-15(8-12-17)18(2,3)14-5-9-16(20-4)10-6-14/h7-18H,1-6H3;5-12H,1-4H3. The molecule has 6 heteroatoms. The van der Waals surface area contributed by atoms with Gasteiger partial charge in [0.25, 0.3) is 0 Å². The second-order valence-electron chi connectivity index (χ2n) is 14.1. The monoisotopic (exact) mass is 686 g/mol. The largest absolute Gasteiger partial charge is 0.497 e. The van der Waals surface area contributed by atoms with E-state index in [1.165, 1.54) is 36.1 Å². The number of rotatable bonds is 10. The molecule has 0 unspecified atom stereocenters. The number of ether oxygens (including phenoxy) is 4. The molecule has 0 saturated heterocycles. The van der Waals surface area contributed by atoms with Crippen LogP contribution in [0.1, 0.15) is 88.8 Å². The number of carbonyl (C=O) groups excluding carboxylic acids is 2. The van der Waals surface area contributed by atoms with Gasteiger partial charge in [0.15, 0.2) is 0 Å². The second kappa shape index (κ2) is 16.1. The van der Waals surface area contributed by atoms with Gasteiger partial charge in [-0.15, -0.1) is 0 Å². The first-order chi connectivity index (χ1) is 24.1. The summed E-state index contributed by atoms with van der Waals surface area (Å²) in [5.41, 5.74) is 6.78. The third-order valence-electron chi connectivity index (χ3n) is 9.60. The van der Waals surface area contributed by atoms with Crippen molar-refractivity contribution in [2.75, 3.05) is 14.2 Å². The zero-order valence-corrected chi connectivity index (χ0v) is 31.5. The van der Waals surface area contributed by atoms with Crippen LogP contribution in [0.4, 0.5) is 0 Å². The highest BCUT2D eigenvalue weighted by Gasteiger charge is 2.28. The number of benzene rings is 5. The van der Waals surface area contributed by atoms with Crippen molar-refractivity contribution in [2.45, 2.75) is 71.6 Å². The van der Waals surface area contributed by atoms with Crippen molar-refractivity contribution in [3.05, 3.63) is 155 Å². The molecule has 6 nitrogen and oxygen atoms in total. The molecule has 51 heavy (non-hydrogen) atoms. The minimum absolute atomic E-state index is 0.138. The minimum atomic E-state index is -0.310. The number of hydrogen-bond acceptors (Lipinski definition) is 6. The fourth-order valence-corrected chi connectivity index (χ4v) is 6.02. The predicted octanol–water partition coefficient (Wildman–Crippen LogP) is 10.2. The Bertz CT molecular complexity index is 1900. The van der Waals surface area contributed by atoms with E-state index in [0.717, 1.165) is 22.6 Å². The molecule has 0 spiro atoms. The fourth-order valence-electron chi connectivity index (χ4n) is 6.02. The van der Waals surface area contributed by atoms with E-state index in [0.29, 0.717) is 11.5 Å². The summed E-state index contributed by atoms with van der Waals surface area (Å²) < 4.78 is 20.7. The first kappa shape index (κ1) is 38.4. The van der Waals surface area contributed by atoms with Crippen molar-refractivity contribution in [3.63, 3.8) is 0 Å². The van der Waals surface area contributed by atoms with Crippen LogP contribution in [-0.4, -0.2) is 26.2 Å². The average molecular weight is 687 g/mol. The van der Waals surface area contributed by atoms with Gasteiger partial charge < -0.3 is 18.9 Å². The van der Waals surface area contributed by atoms with E-state index in [1.807, 2.05) is 72.8 Å². The van der Waals surface area contributed by atoms with E-state index in [1.54, 1.807) is 14.2 Å². The van der Waals surface area contributed by atoms with Gasteiger partial charge >= 0.3 is 11.9 Å². The summed E-state index contributed by atoms with van der Waals surface area (Å²) in [5.74, 6) is 2.22. The molecular formula is C45H50O6. The van der Waals surface area contributed by atoms with Crippen molar-refractivity contribution >= 4 is 11.9 Å². The van der Waals surface area contributed by atoms with Crippen LogP contribution >= 0.6 is 0 Å². The zero-order chi connectivity index (χ0) is 37.4. The molecule has 0 atom stereocenters. The van der Waals surface area contributed by atoms with Crippen LogP contribution in [0, 0.1) is 0 Å². The second-order valence-corrected chi connectivity index (χ2v) is 14.1. The van der Waals surface area contributed by atoms with Crippen molar-refractivity contribution in [2.24, 2.45) is 0 Å². The molecule has 0 fully saturated rings. The highest BCUT2D eigenvalue weighted by atomic mass is 16.5. The van der Waals surface area contributed by atoms with E-state index >= 15 is 0 Å². The average Bonchev–Trinajstić information content (AvgIpc) is 3.12. The summed E-state index contributed by atoms with van der Waals surface area (Å²) in [7, 11) is 3.35. The van der Waals surface area contributed by atoms with E-state index in [2.05, 4.69) is 90.1 Å². The summed E-state index contributed by atoms with van der Waals surface area (Å²) in [6.45, 7) is 16.1. The van der Waals surface area contributed by atoms with Crippen molar-refractivity contribution in [1.82, 2.24) is 0 Å². The Morgan fingerprint density at radius 3 is 0.902 bits per heavy atom. The summed E-state index contributed by atoms with van der Waals surface area (Å²) in [4.78, 5) is 22.1. The first-order valence-corrected chi connectivity index (χ1v) is 17.1. The van der Waals surface area contributed by atoms with Gasteiger partial charge in [0.05, 0.1) is 14.2 Å². The SMILES string of the molecule is COc1ccc(C(C)(C)c2ccc(OC(C)=O)cc2)cc1.COc1ccc(C(C)(C)c2cccc(C(C)(C)c3ccc(OC(C)=O)cc3)c2)cc1. The smallest absolute Gasteiger partial charge is 0.308 e. The molecule has 0 amide bonds. The van der Waals surface area contributed by atoms with Gasteiger partial charge in [0.1, 0.15) is 23.0 Å². The van der Waals surface area contributed by atoms with Crippen LogP contribution in [0.2, 0.25) is 0 Å². The molecule has 0 aliphatic heterocycles. The van der Waals surface area contributed by atoms with Crippen LogP contribution in [-0.2, 0) is 25.8 Å². The van der Waals surface area contributed by atoms with Gasteiger partial charge in [-0.1, -0.05) is 114 Å². The highest BCUT2D eigenvalue weighted by molar-refractivity contribution is 5.69. The lowest BCUT2D eigenvalue weighted by Crippen LogP contribution is -2.23. The molecule has 5 aromatic rings. The van der Waals surface area contributed by atoms with Crippen LogP contribution < -0.4 is 18.9 Å². The Kier molecular flexibility index (Phi) is 12.1. The molecule has 0 bridgehead atoms. The molecule has 0 aliphatic rings. The van der Waals surface area contributed by atoms with Gasteiger partial charge in [0.2, 0.25) is 0 Å². The van der Waals surface area contributed by atoms with Gasteiger partial charge in [0, 0.05) is 30.1 Å². The van der Waals surface area contributed by atoms with E-state index in [9.17, 15) is 9.59 Å². The number of carbonyl (C=O) groups is 2. The molecule has 0 heterocycles. The molecular weight excluding hydrogens is 636 g/mol. The summed E-state index contributed by atoms with van der Waals surface area (Å²) in [6, 6.07) is 40.5. The molecule has 0 aliphatic carbocycles. The van der Waals surface area contributed by atoms with Crippen molar-refractivity contribution in [1.29, 1.82) is 0 Å². The minimum Gasteiger partial charge on any atom is -0.497 e. The van der Waals surface area contributed by atoms with Gasteiger partial charge in [-0.25, -0.2) is 0 Å². The third-order valence-corrected chi connectivity index (χ3v) is 9.60. The highest BCUT2D eigenvalue weighted by Crippen LogP contribution is 2.38. The van der Waals surface area contributed by atoms with Gasteiger partial charge in [-0.3, -0.25) is 9.59 Å². The zero-order valence-electron chi connectivity index (χ0n) is 31.5. The quantitative estimate of drug-likeness (QED) is 0.108. The number of methoxy groups -OCH3 is 2. The predicted molar refractivity (Wildman–Crippen MR) is 204 cm³/mol. The lowest BCUT2D eigenvalue weighted by Gasteiger charge is -2.31. The van der Waals surface area contributed by atoms with Crippen LogP contribution in [0.15, 0.2) is 121 Å². The molecule has 5 rings (SSSR count). The lowest BCUT2D eigenvalue weighted by atomic mass is 9.73. The molecule has 0 saturated carbocycles. The van der Waals surface area contributed by atoms with E-state index < -0.39 is 0 Å². The summed E-state index contributed by atoms with van der Waals surface area (Å²) in [6.07, 6.45) is 0. The summed E-state index contributed by atoms with van der Waals surface area (Å²) in [5, 5.41) is 0. The van der Waals surface area contributed by atoms with Gasteiger partial charge in [-0.2, -0.15) is 0 Å². The fraction of sp³-hybridized carbons (Fsp3) is 0.289.